The first-order valence-electron chi connectivity index (χ1n) is 3.55. The van der Waals surface area contributed by atoms with Crippen LogP contribution >= 0.6 is 0 Å². The zero-order valence-corrected chi connectivity index (χ0v) is 6.05. The van der Waals surface area contributed by atoms with Crippen molar-refractivity contribution >= 4 is 0 Å². The van der Waals surface area contributed by atoms with Crippen LogP contribution in [0.3, 0.4) is 0 Å². The number of ether oxygens (including phenoxy) is 1. The van der Waals surface area contributed by atoms with Gasteiger partial charge in [0.25, 0.3) is 0 Å². The van der Waals surface area contributed by atoms with Gasteiger partial charge in [0, 0.05) is 13.0 Å². The van der Waals surface area contributed by atoms with Gasteiger partial charge in [-0.3, -0.25) is 0 Å². The van der Waals surface area contributed by atoms with E-state index >= 15 is 0 Å². The van der Waals surface area contributed by atoms with Gasteiger partial charge in [0.15, 0.2) is 6.29 Å². The van der Waals surface area contributed by atoms with Gasteiger partial charge in [-0.15, -0.1) is 0 Å². The molecule has 0 bridgehead atoms. The lowest BCUT2D eigenvalue weighted by Gasteiger charge is -2.34. The van der Waals surface area contributed by atoms with E-state index in [2.05, 4.69) is 0 Å². The molecule has 0 radical (unpaired) electrons. The maximum atomic E-state index is 9.19. The Morgan fingerprint density at radius 1 is 1.36 bits per heavy atom. The molecule has 1 heterocycles. The highest BCUT2D eigenvalue weighted by Crippen LogP contribution is 2.17. The number of hydrogen-bond donors (Lipinski definition) is 4. The summed E-state index contributed by atoms with van der Waals surface area (Å²) in [5.41, 5.74) is 5.21. The summed E-state index contributed by atoms with van der Waals surface area (Å²) in [4.78, 5) is 0. The van der Waals surface area contributed by atoms with Crippen LogP contribution in [0.4, 0.5) is 0 Å². The predicted octanol–water partition coefficient (Wildman–Crippen LogP) is -2.23. The maximum absolute atomic E-state index is 9.19. The molecule has 5 heteroatoms. The lowest BCUT2D eigenvalue weighted by Crippen LogP contribution is -2.51. The molecule has 1 rings (SSSR count). The average molecular weight is 163 g/mol. The molecule has 5 nitrogen and oxygen atoms in total. The largest absolute Gasteiger partial charge is 0.390 e. The van der Waals surface area contributed by atoms with Crippen LogP contribution in [0.25, 0.3) is 0 Å². The van der Waals surface area contributed by atoms with Crippen molar-refractivity contribution in [1.82, 2.24) is 0 Å². The van der Waals surface area contributed by atoms with Crippen molar-refractivity contribution in [2.24, 2.45) is 5.73 Å². The molecule has 0 aromatic heterocycles. The molecule has 0 aromatic rings. The van der Waals surface area contributed by atoms with Crippen LogP contribution in [0.2, 0.25) is 0 Å². The monoisotopic (exact) mass is 163 g/mol. The molecule has 66 valence electrons. The Labute approximate surface area is 64.4 Å². The van der Waals surface area contributed by atoms with Crippen molar-refractivity contribution in [3.63, 3.8) is 0 Å². The first-order chi connectivity index (χ1) is 5.15. The zero-order chi connectivity index (χ0) is 8.43. The van der Waals surface area contributed by atoms with Crippen LogP contribution in [0.5, 0.6) is 0 Å². The normalized spacial score (nSPS) is 45.8. The zero-order valence-electron chi connectivity index (χ0n) is 6.05. The molecular weight excluding hydrogens is 150 g/mol. The van der Waals surface area contributed by atoms with Gasteiger partial charge in [0.1, 0.15) is 12.2 Å². The number of aliphatic hydroxyl groups excluding tert-OH is 3. The minimum atomic E-state index is -1.01. The van der Waals surface area contributed by atoms with Crippen LogP contribution < -0.4 is 5.73 Å². The second-order valence-electron chi connectivity index (χ2n) is 2.66. The van der Waals surface area contributed by atoms with Gasteiger partial charge in [0.2, 0.25) is 0 Å². The number of nitrogens with two attached hydrogens (primary N) is 1. The van der Waals surface area contributed by atoms with Crippen molar-refractivity contribution in [2.75, 3.05) is 6.54 Å². The minimum Gasteiger partial charge on any atom is -0.390 e. The lowest BCUT2D eigenvalue weighted by molar-refractivity contribution is -0.228. The summed E-state index contributed by atoms with van der Waals surface area (Å²) in [5.74, 6) is 0. The van der Waals surface area contributed by atoms with E-state index in [1.807, 2.05) is 0 Å². The van der Waals surface area contributed by atoms with Crippen LogP contribution in [0, 0.1) is 0 Å². The number of rotatable bonds is 1. The summed E-state index contributed by atoms with van der Waals surface area (Å²) < 4.78 is 4.84. The van der Waals surface area contributed by atoms with Crippen molar-refractivity contribution in [2.45, 2.75) is 31.0 Å². The van der Waals surface area contributed by atoms with Crippen molar-refractivity contribution in [3.05, 3.63) is 0 Å². The Morgan fingerprint density at radius 3 is 2.55 bits per heavy atom. The molecule has 1 fully saturated rings. The van der Waals surface area contributed by atoms with E-state index in [1.54, 1.807) is 0 Å². The van der Waals surface area contributed by atoms with E-state index in [4.69, 9.17) is 20.7 Å². The molecule has 11 heavy (non-hydrogen) atoms. The first-order valence-corrected chi connectivity index (χ1v) is 3.55. The van der Waals surface area contributed by atoms with Gasteiger partial charge in [-0.2, -0.15) is 0 Å². The summed E-state index contributed by atoms with van der Waals surface area (Å²) in [6.45, 7) is 0.0925. The topological polar surface area (TPSA) is 95.9 Å². The van der Waals surface area contributed by atoms with Gasteiger partial charge in [-0.05, 0) is 0 Å². The van der Waals surface area contributed by atoms with Gasteiger partial charge in [-0.25, -0.2) is 0 Å². The second-order valence-corrected chi connectivity index (χ2v) is 2.66. The highest BCUT2D eigenvalue weighted by atomic mass is 16.6. The van der Waals surface area contributed by atoms with Crippen molar-refractivity contribution in [3.8, 4) is 0 Å². The molecule has 2 unspecified atom stereocenters. The van der Waals surface area contributed by atoms with Gasteiger partial charge < -0.3 is 25.8 Å². The third kappa shape index (κ3) is 1.88. The third-order valence-electron chi connectivity index (χ3n) is 1.78. The molecule has 4 atom stereocenters. The quantitative estimate of drug-likeness (QED) is 0.351. The molecule has 0 aromatic carbocycles. The van der Waals surface area contributed by atoms with Gasteiger partial charge in [-0.1, -0.05) is 0 Å². The summed E-state index contributed by atoms with van der Waals surface area (Å²) >= 11 is 0. The SMILES string of the molecule is NCC1O[C@@H](O)CC(O)[C@H]1O. The van der Waals surface area contributed by atoms with E-state index in [9.17, 15) is 5.11 Å². The molecule has 0 spiro atoms. The second kappa shape index (κ2) is 3.46. The highest BCUT2D eigenvalue weighted by Gasteiger charge is 2.34. The van der Waals surface area contributed by atoms with Crippen LogP contribution in [0.1, 0.15) is 6.42 Å². The van der Waals surface area contributed by atoms with Crippen LogP contribution in [-0.2, 0) is 4.74 Å². The maximum Gasteiger partial charge on any atom is 0.157 e. The van der Waals surface area contributed by atoms with E-state index in [-0.39, 0.29) is 13.0 Å². The van der Waals surface area contributed by atoms with E-state index in [0.29, 0.717) is 0 Å². The predicted molar refractivity (Wildman–Crippen MR) is 36.6 cm³/mol. The first kappa shape index (κ1) is 8.89. The Morgan fingerprint density at radius 2 is 2.00 bits per heavy atom. The van der Waals surface area contributed by atoms with Gasteiger partial charge >= 0.3 is 0 Å². The molecule has 0 aliphatic carbocycles. The molecular formula is C6H13NO4. The van der Waals surface area contributed by atoms with E-state index in [0.717, 1.165) is 0 Å². The summed E-state index contributed by atoms with van der Waals surface area (Å²) in [6.07, 6.45) is -3.55. The fourth-order valence-corrected chi connectivity index (χ4v) is 1.13. The highest BCUT2D eigenvalue weighted by molar-refractivity contribution is 4.82. The average Bonchev–Trinajstić information content (AvgIpc) is 1.96. The third-order valence-corrected chi connectivity index (χ3v) is 1.78. The lowest BCUT2D eigenvalue weighted by atomic mass is 10.0. The molecule has 5 N–H and O–H groups in total. The fourth-order valence-electron chi connectivity index (χ4n) is 1.13. The Hall–Kier alpha value is -0.200. The van der Waals surface area contributed by atoms with E-state index in [1.165, 1.54) is 0 Å². The smallest absolute Gasteiger partial charge is 0.157 e. The Balaban J connectivity index is 2.51. The molecule has 1 aliphatic heterocycles. The molecule has 0 saturated carbocycles. The summed E-state index contributed by atoms with van der Waals surface area (Å²) in [5, 5.41) is 27.2. The Bertz CT molecular complexity index is 132. The van der Waals surface area contributed by atoms with Crippen molar-refractivity contribution < 1.29 is 20.1 Å². The van der Waals surface area contributed by atoms with Crippen LogP contribution in [0.15, 0.2) is 0 Å². The summed E-state index contributed by atoms with van der Waals surface area (Å²) in [7, 11) is 0. The molecule has 1 aliphatic rings. The van der Waals surface area contributed by atoms with E-state index < -0.39 is 24.6 Å². The standard InChI is InChI=1S/C6H13NO4/c7-2-4-6(10)3(8)1-5(9)11-4/h3-6,8-10H,1-2,7H2/t3?,4?,5-,6-/m1/s1. The Kier molecular flexibility index (Phi) is 2.80. The van der Waals surface area contributed by atoms with Gasteiger partial charge in [0.05, 0.1) is 6.10 Å². The fraction of sp³-hybridized carbons (Fsp3) is 1.00. The van der Waals surface area contributed by atoms with Crippen LogP contribution in [-0.4, -0.2) is 46.5 Å². The summed E-state index contributed by atoms with van der Waals surface area (Å²) in [6, 6.07) is 0. The number of aliphatic hydroxyl groups is 3. The van der Waals surface area contributed by atoms with Crippen molar-refractivity contribution in [1.29, 1.82) is 0 Å². The number of hydrogen-bond acceptors (Lipinski definition) is 5. The minimum absolute atomic E-state index is 0.0394. The molecule has 1 saturated heterocycles. The molecule has 0 amide bonds.